The second-order valence-corrected chi connectivity index (χ2v) is 4.81. The summed E-state index contributed by atoms with van der Waals surface area (Å²) in [4.78, 5) is 11.0. The maximum Gasteiger partial charge on any atom is 0.261 e. The van der Waals surface area contributed by atoms with E-state index < -0.39 is 11.5 Å². The van der Waals surface area contributed by atoms with Gasteiger partial charge in [0.2, 0.25) is 0 Å². The zero-order valence-electron chi connectivity index (χ0n) is 8.38. The minimum Gasteiger partial charge on any atom is -0.478 e. The Morgan fingerprint density at radius 3 is 2.60 bits per heavy atom. The average Bonchev–Trinajstić information content (AvgIpc) is 2.10. The summed E-state index contributed by atoms with van der Waals surface area (Å²) in [6.45, 7) is 3.22. The van der Waals surface area contributed by atoms with Crippen molar-refractivity contribution < 1.29 is 9.53 Å². The van der Waals surface area contributed by atoms with Crippen LogP contribution in [-0.4, -0.2) is 11.5 Å². The summed E-state index contributed by atoms with van der Waals surface area (Å²) < 4.78 is 6.15. The SMILES string of the molecule is CC(C)(Oc1ccc(Cl)c(Br)c1)C(N)=O. The molecule has 0 aliphatic carbocycles. The molecule has 0 radical (unpaired) electrons. The van der Waals surface area contributed by atoms with Crippen LogP contribution in [0.4, 0.5) is 0 Å². The third-order valence-corrected chi connectivity index (χ3v) is 3.07. The average molecular weight is 293 g/mol. The fourth-order valence-electron chi connectivity index (χ4n) is 0.885. The van der Waals surface area contributed by atoms with Gasteiger partial charge in [-0.05, 0) is 48.0 Å². The quantitative estimate of drug-likeness (QED) is 0.931. The van der Waals surface area contributed by atoms with Crippen molar-refractivity contribution in [2.45, 2.75) is 19.4 Å². The number of nitrogens with two attached hydrogens (primary N) is 1. The predicted molar refractivity (Wildman–Crippen MR) is 63.1 cm³/mol. The van der Waals surface area contributed by atoms with Crippen molar-refractivity contribution >= 4 is 33.4 Å². The monoisotopic (exact) mass is 291 g/mol. The summed E-state index contributed by atoms with van der Waals surface area (Å²) in [6.07, 6.45) is 0. The maximum atomic E-state index is 11.0. The number of hydrogen-bond acceptors (Lipinski definition) is 2. The molecule has 0 spiro atoms. The van der Waals surface area contributed by atoms with Crippen molar-refractivity contribution in [2.24, 2.45) is 5.73 Å². The van der Waals surface area contributed by atoms with E-state index in [4.69, 9.17) is 22.1 Å². The lowest BCUT2D eigenvalue weighted by Gasteiger charge is -2.22. The highest BCUT2D eigenvalue weighted by Gasteiger charge is 2.27. The minimum atomic E-state index is -1.03. The normalized spacial score (nSPS) is 11.2. The molecule has 1 amide bonds. The molecule has 1 rings (SSSR count). The first-order valence-corrected chi connectivity index (χ1v) is 5.44. The Balaban J connectivity index is 2.91. The minimum absolute atomic E-state index is 0.520. The Hall–Kier alpha value is -0.740. The molecule has 0 aromatic heterocycles. The molecule has 1 aromatic carbocycles. The van der Waals surface area contributed by atoms with Crippen molar-refractivity contribution in [1.82, 2.24) is 0 Å². The van der Waals surface area contributed by atoms with Crippen molar-refractivity contribution in [3.05, 3.63) is 27.7 Å². The number of hydrogen-bond donors (Lipinski definition) is 1. The van der Waals surface area contributed by atoms with Crippen LogP contribution in [-0.2, 0) is 4.79 Å². The van der Waals surface area contributed by atoms with Gasteiger partial charge in [-0.3, -0.25) is 4.79 Å². The predicted octanol–water partition coefficient (Wildman–Crippen LogP) is 2.75. The highest BCUT2D eigenvalue weighted by atomic mass is 79.9. The van der Waals surface area contributed by atoms with E-state index in [1.54, 1.807) is 32.0 Å². The lowest BCUT2D eigenvalue weighted by Crippen LogP contribution is -2.43. The smallest absolute Gasteiger partial charge is 0.261 e. The van der Waals surface area contributed by atoms with Crippen LogP contribution < -0.4 is 10.5 Å². The molecule has 0 fully saturated rings. The van der Waals surface area contributed by atoms with Gasteiger partial charge >= 0.3 is 0 Å². The van der Waals surface area contributed by atoms with E-state index in [1.165, 1.54) is 0 Å². The van der Waals surface area contributed by atoms with E-state index in [0.29, 0.717) is 15.2 Å². The van der Waals surface area contributed by atoms with Gasteiger partial charge in [-0.2, -0.15) is 0 Å². The molecular weight excluding hydrogens is 281 g/mol. The Kier molecular flexibility index (Phi) is 3.62. The number of carbonyl (C=O) groups is 1. The molecule has 1 aromatic rings. The standard InChI is InChI=1S/C10H11BrClNO2/c1-10(2,9(13)14)15-6-3-4-8(12)7(11)5-6/h3-5H,1-2H3,(H2,13,14). The number of benzene rings is 1. The lowest BCUT2D eigenvalue weighted by molar-refractivity contribution is -0.130. The Morgan fingerprint density at radius 2 is 2.13 bits per heavy atom. The van der Waals surface area contributed by atoms with E-state index in [9.17, 15) is 4.79 Å². The number of ether oxygens (including phenoxy) is 1. The lowest BCUT2D eigenvalue weighted by atomic mass is 10.1. The fraction of sp³-hybridized carbons (Fsp3) is 0.300. The third kappa shape index (κ3) is 3.11. The molecule has 0 aliphatic heterocycles. The summed E-state index contributed by atoms with van der Waals surface area (Å²) in [5.74, 6) is 0.0173. The van der Waals surface area contributed by atoms with Gasteiger partial charge < -0.3 is 10.5 Å². The largest absolute Gasteiger partial charge is 0.478 e. The van der Waals surface area contributed by atoms with Gasteiger partial charge in [0.25, 0.3) is 5.91 Å². The maximum absolute atomic E-state index is 11.0. The van der Waals surface area contributed by atoms with Crippen molar-refractivity contribution in [3.63, 3.8) is 0 Å². The van der Waals surface area contributed by atoms with Crippen LogP contribution in [0.3, 0.4) is 0 Å². The third-order valence-electron chi connectivity index (χ3n) is 1.86. The number of primary amides is 1. The second-order valence-electron chi connectivity index (χ2n) is 3.55. The molecule has 0 unspecified atom stereocenters. The number of halogens is 2. The summed E-state index contributed by atoms with van der Waals surface area (Å²) >= 11 is 9.08. The summed E-state index contributed by atoms with van der Waals surface area (Å²) in [7, 11) is 0. The van der Waals surface area contributed by atoms with Crippen molar-refractivity contribution in [1.29, 1.82) is 0 Å². The van der Waals surface area contributed by atoms with Crippen LogP contribution in [0.1, 0.15) is 13.8 Å². The van der Waals surface area contributed by atoms with Crippen molar-refractivity contribution in [3.8, 4) is 5.75 Å². The van der Waals surface area contributed by atoms with Crippen LogP contribution in [0.15, 0.2) is 22.7 Å². The van der Waals surface area contributed by atoms with Gasteiger partial charge in [0, 0.05) is 4.47 Å². The Morgan fingerprint density at radius 1 is 1.53 bits per heavy atom. The van der Waals surface area contributed by atoms with Gasteiger partial charge in [-0.1, -0.05) is 11.6 Å². The van der Waals surface area contributed by atoms with E-state index in [2.05, 4.69) is 15.9 Å². The molecular formula is C10H11BrClNO2. The van der Waals surface area contributed by atoms with Crippen LogP contribution in [0.25, 0.3) is 0 Å². The zero-order valence-corrected chi connectivity index (χ0v) is 10.7. The molecule has 2 N–H and O–H groups in total. The summed E-state index contributed by atoms with van der Waals surface area (Å²) in [6, 6.07) is 5.04. The first kappa shape index (κ1) is 12.3. The molecule has 0 bridgehead atoms. The summed E-state index contributed by atoms with van der Waals surface area (Å²) in [5.41, 5.74) is 4.15. The van der Waals surface area contributed by atoms with E-state index >= 15 is 0 Å². The molecule has 15 heavy (non-hydrogen) atoms. The first-order chi connectivity index (χ1) is 6.83. The topological polar surface area (TPSA) is 52.3 Å². The van der Waals surface area contributed by atoms with Crippen LogP contribution >= 0.6 is 27.5 Å². The molecule has 82 valence electrons. The summed E-state index contributed by atoms with van der Waals surface area (Å²) in [5, 5.41) is 0.583. The Labute approximate surface area is 102 Å². The fourth-order valence-corrected chi connectivity index (χ4v) is 1.36. The first-order valence-electron chi connectivity index (χ1n) is 4.27. The molecule has 0 heterocycles. The van der Waals surface area contributed by atoms with Gasteiger partial charge in [-0.25, -0.2) is 0 Å². The molecule has 3 nitrogen and oxygen atoms in total. The molecule has 0 atom stereocenters. The number of rotatable bonds is 3. The van der Waals surface area contributed by atoms with E-state index in [1.807, 2.05) is 0 Å². The van der Waals surface area contributed by atoms with Crippen LogP contribution in [0.5, 0.6) is 5.75 Å². The number of amides is 1. The molecule has 5 heteroatoms. The zero-order chi connectivity index (χ0) is 11.6. The molecule has 0 saturated heterocycles. The van der Waals surface area contributed by atoms with Gasteiger partial charge in [-0.15, -0.1) is 0 Å². The highest BCUT2D eigenvalue weighted by molar-refractivity contribution is 9.10. The van der Waals surface area contributed by atoms with Crippen LogP contribution in [0.2, 0.25) is 5.02 Å². The van der Waals surface area contributed by atoms with E-state index in [0.717, 1.165) is 0 Å². The second kappa shape index (κ2) is 4.41. The van der Waals surface area contributed by atoms with Gasteiger partial charge in [0.05, 0.1) is 5.02 Å². The number of carbonyl (C=O) groups excluding carboxylic acids is 1. The van der Waals surface area contributed by atoms with Gasteiger partial charge in [0.1, 0.15) is 5.75 Å². The Bertz CT molecular complexity index is 393. The highest BCUT2D eigenvalue weighted by Crippen LogP contribution is 2.28. The van der Waals surface area contributed by atoms with E-state index in [-0.39, 0.29) is 0 Å². The molecule has 0 saturated carbocycles. The van der Waals surface area contributed by atoms with Crippen molar-refractivity contribution in [2.75, 3.05) is 0 Å². The van der Waals surface area contributed by atoms with Gasteiger partial charge in [0.15, 0.2) is 5.60 Å². The van der Waals surface area contributed by atoms with Crippen LogP contribution in [0, 0.1) is 0 Å². The molecule has 0 aliphatic rings.